The lowest BCUT2D eigenvalue weighted by Crippen LogP contribution is -2.55. The number of esters is 1. The molecule has 1 aromatic carbocycles. The maximum absolute atomic E-state index is 12.0. The van der Waals surface area contributed by atoms with E-state index in [0.717, 1.165) is 12.1 Å². The van der Waals surface area contributed by atoms with Crippen LogP contribution in [0.2, 0.25) is 0 Å². The average molecular weight is 275 g/mol. The quantitative estimate of drug-likeness (QED) is 0.772. The van der Waals surface area contributed by atoms with E-state index in [4.69, 9.17) is 4.74 Å². The highest BCUT2D eigenvalue weighted by Gasteiger charge is 2.41. The molecular weight excluding hydrogens is 250 g/mol. The van der Waals surface area contributed by atoms with E-state index in [0.29, 0.717) is 5.92 Å². The molecule has 0 unspecified atom stereocenters. The van der Waals surface area contributed by atoms with Crippen molar-refractivity contribution >= 4 is 11.7 Å². The second-order valence-corrected chi connectivity index (χ2v) is 6.55. The Morgan fingerprint density at radius 3 is 2.70 bits per heavy atom. The van der Waals surface area contributed by atoms with Crippen molar-refractivity contribution in [3.05, 3.63) is 29.3 Å². The van der Waals surface area contributed by atoms with E-state index in [1.54, 1.807) is 0 Å². The Hall–Kier alpha value is -1.51. The summed E-state index contributed by atoms with van der Waals surface area (Å²) in [6.45, 7) is 10.7. The van der Waals surface area contributed by atoms with Crippen LogP contribution in [0.1, 0.15) is 51.2 Å². The third-order valence-corrected chi connectivity index (χ3v) is 4.36. The van der Waals surface area contributed by atoms with E-state index in [1.807, 2.05) is 6.92 Å². The Kier molecular flexibility index (Phi) is 3.81. The highest BCUT2D eigenvalue weighted by atomic mass is 16.5. The molecule has 1 aliphatic rings. The molecule has 0 aliphatic carbocycles. The average Bonchev–Trinajstić information content (AvgIpc) is 2.37. The molecule has 0 bridgehead atoms. The molecule has 0 fully saturated rings. The van der Waals surface area contributed by atoms with Crippen LogP contribution in [0.15, 0.2) is 18.2 Å². The zero-order valence-corrected chi connectivity index (χ0v) is 13.4. The minimum absolute atomic E-state index is 0.0602. The van der Waals surface area contributed by atoms with E-state index in [2.05, 4.69) is 50.8 Å². The topological polar surface area (TPSA) is 29.5 Å². The number of anilines is 1. The molecule has 1 heterocycles. The minimum Gasteiger partial charge on any atom is -0.467 e. The van der Waals surface area contributed by atoms with Gasteiger partial charge in [-0.3, -0.25) is 0 Å². The van der Waals surface area contributed by atoms with Gasteiger partial charge in [0.1, 0.15) is 6.04 Å². The number of benzene rings is 1. The van der Waals surface area contributed by atoms with Gasteiger partial charge < -0.3 is 9.64 Å². The number of hydrogen-bond acceptors (Lipinski definition) is 3. The summed E-state index contributed by atoms with van der Waals surface area (Å²) < 4.78 is 4.94. The van der Waals surface area contributed by atoms with Crippen molar-refractivity contribution in [1.29, 1.82) is 0 Å². The first-order valence-electron chi connectivity index (χ1n) is 7.25. The summed E-state index contributed by atoms with van der Waals surface area (Å²) in [4.78, 5) is 14.2. The lowest BCUT2D eigenvalue weighted by atomic mass is 9.79. The molecular formula is C17H25NO2. The smallest absolute Gasteiger partial charge is 0.328 e. The van der Waals surface area contributed by atoms with Crippen molar-refractivity contribution in [3.8, 4) is 0 Å². The van der Waals surface area contributed by atoms with Crippen molar-refractivity contribution in [2.24, 2.45) is 0 Å². The maximum Gasteiger partial charge on any atom is 0.328 e. The summed E-state index contributed by atoms with van der Waals surface area (Å²) in [5.74, 6) is 0.320. The van der Waals surface area contributed by atoms with Gasteiger partial charge in [0.2, 0.25) is 0 Å². The summed E-state index contributed by atoms with van der Waals surface area (Å²) in [5.41, 5.74) is 3.70. The molecule has 20 heavy (non-hydrogen) atoms. The first-order valence-corrected chi connectivity index (χ1v) is 7.25. The number of carbonyl (C=O) groups is 1. The van der Waals surface area contributed by atoms with Crippen LogP contribution in [0.3, 0.4) is 0 Å². The Bertz CT molecular complexity index is 522. The van der Waals surface area contributed by atoms with Gasteiger partial charge in [0.05, 0.1) is 7.11 Å². The highest BCUT2D eigenvalue weighted by molar-refractivity contribution is 5.81. The van der Waals surface area contributed by atoms with Crippen LogP contribution in [-0.4, -0.2) is 24.7 Å². The first-order chi connectivity index (χ1) is 9.27. The van der Waals surface area contributed by atoms with Crippen LogP contribution in [0.25, 0.3) is 0 Å². The molecule has 2 rings (SSSR count). The molecule has 0 N–H and O–H groups in total. The van der Waals surface area contributed by atoms with E-state index < -0.39 is 0 Å². The Balaban J connectivity index is 2.54. The van der Waals surface area contributed by atoms with Crippen molar-refractivity contribution in [3.63, 3.8) is 0 Å². The zero-order valence-electron chi connectivity index (χ0n) is 13.4. The number of ether oxygens (including phenoxy) is 1. The minimum atomic E-state index is -0.274. The summed E-state index contributed by atoms with van der Waals surface area (Å²) in [5, 5.41) is 0. The second kappa shape index (κ2) is 5.12. The third kappa shape index (κ3) is 2.41. The van der Waals surface area contributed by atoms with Crippen LogP contribution in [0, 0.1) is 6.92 Å². The maximum atomic E-state index is 12.0. The van der Waals surface area contributed by atoms with Gasteiger partial charge in [-0.15, -0.1) is 0 Å². The van der Waals surface area contributed by atoms with Gasteiger partial charge in [0, 0.05) is 11.2 Å². The van der Waals surface area contributed by atoms with Gasteiger partial charge >= 0.3 is 5.97 Å². The lowest BCUT2D eigenvalue weighted by molar-refractivity contribution is -0.142. The summed E-state index contributed by atoms with van der Waals surface area (Å²) in [6.07, 6.45) is 1.03. The normalized spacial score (nSPS) is 22.1. The van der Waals surface area contributed by atoms with Crippen LogP contribution in [0.4, 0.5) is 5.69 Å². The molecule has 0 saturated heterocycles. The van der Waals surface area contributed by atoms with Crippen molar-refractivity contribution < 1.29 is 9.53 Å². The predicted octanol–water partition coefficient (Wildman–Crippen LogP) is 3.65. The van der Waals surface area contributed by atoms with Crippen molar-refractivity contribution in [2.75, 3.05) is 12.0 Å². The fourth-order valence-electron chi connectivity index (χ4n) is 3.58. The van der Waals surface area contributed by atoms with E-state index in [9.17, 15) is 4.79 Å². The van der Waals surface area contributed by atoms with Crippen molar-refractivity contribution in [2.45, 2.75) is 58.5 Å². The molecule has 0 spiro atoms. The molecule has 1 aromatic rings. The molecule has 0 saturated carbocycles. The first kappa shape index (κ1) is 14.9. The van der Waals surface area contributed by atoms with Gasteiger partial charge in [-0.25, -0.2) is 4.79 Å². The van der Waals surface area contributed by atoms with Gasteiger partial charge in [-0.05, 0) is 51.7 Å². The van der Waals surface area contributed by atoms with E-state index >= 15 is 0 Å². The second-order valence-electron chi connectivity index (χ2n) is 6.55. The summed E-state index contributed by atoms with van der Waals surface area (Å²) in [6, 6.07) is 6.22. The SMILES string of the molecule is COC(=O)[C@@H](C)N1c2ccc(C)cc2[C@H](C)CC1(C)C. The Morgan fingerprint density at radius 1 is 1.45 bits per heavy atom. The summed E-state index contributed by atoms with van der Waals surface area (Å²) in [7, 11) is 1.45. The summed E-state index contributed by atoms with van der Waals surface area (Å²) >= 11 is 0. The Morgan fingerprint density at radius 2 is 2.10 bits per heavy atom. The fourth-order valence-corrected chi connectivity index (χ4v) is 3.58. The van der Waals surface area contributed by atoms with Crippen LogP contribution in [-0.2, 0) is 9.53 Å². The molecule has 0 radical (unpaired) electrons. The molecule has 0 aromatic heterocycles. The number of hydrogen-bond donors (Lipinski definition) is 0. The molecule has 2 atom stereocenters. The van der Waals surface area contributed by atoms with E-state index in [-0.39, 0.29) is 17.6 Å². The van der Waals surface area contributed by atoms with Gasteiger partial charge in [-0.1, -0.05) is 24.6 Å². The largest absolute Gasteiger partial charge is 0.467 e. The Labute approximate surface area is 121 Å². The molecule has 3 nitrogen and oxygen atoms in total. The molecule has 1 aliphatic heterocycles. The predicted molar refractivity (Wildman–Crippen MR) is 82.2 cm³/mol. The standard InChI is InChI=1S/C17H25NO2/c1-11-7-8-15-14(9-11)12(2)10-17(4,5)18(15)13(3)16(19)20-6/h7-9,12-13H,10H2,1-6H3/t12-,13-/m1/s1. The fraction of sp³-hybridized carbons (Fsp3) is 0.588. The monoisotopic (exact) mass is 275 g/mol. The number of rotatable bonds is 2. The van der Waals surface area contributed by atoms with Crippen LogP contribution < -0.4 is 4.90 Å². The van der Waals surface area contributed by atoms with Gasteiger partial charge in [-0.2, -0.15) is 0 Å². The molecule has 3 heteroatoms. The lowest BCUT2D eigenvalue weighted by Gasteiger charge is -2.49. The zero-order chi connectivity index (χ0) is 15.1. The number of fused-ring (bicyclic) bond motifs is 1. The third-order valence-electron chi connectivity index (χ3n) is 4.36. The van der Waals surface area contributed by atoms with Crippen molar-refractivity contribution in [1.82, 2.24) is 0 Å². The van der Waals surface area contributed by atoms with Crippen LogP contribution in [0.5, 0.6) is 0 Å². The van der Waals surface area contributed by atoms with Gasteiger partial charge in [0.25, 0.3) is 0 Å². The number of nitrogens with zero attached hydrogens (tertiary/aromatic N) is 1. The highest BCUT2D eigenvalue weighted by Crippen LogP contribution is 2.44. The molecule has 110 valence electrons. The number of methoxy groups -OCH3 is 1. The molecule has 0 amide bonds. The van der Waals surface area contributed by atoms with E-state index in [1.165, 1.54) is 18.2 Å². The number of aryl methyl sites for hydroxylation is 1. The number of carbonyl (C=O) groups excluding carboxylic acids is 1. The van der Waals surface area contributed by atoms with Crippen LogP contribution >= 0.6 is 0 Å². The van der Waals surface area contributed by atoms with Gasteiger partial charge in [0.15, 0.2) is 0 Å².